The van der Waals surface area contributed by atoms with E-state index in [4.69, 9.17) is 0 Å². The van der Waals surface area contributed by atoms with Gasteiger partial charge in [0.05, 0.1) is 17.1 Å². The van der Waals surface area contributed by atoms with E-state index < -0.39 is 0 Å². The normalized spacial score (nSPS) is 12.7. The SMILES string of the molecule is Cc1cc(-c2cc(C(C)(C)C)cc(C(C)(C)C)c2O)n[nH]1.Cc1cc(-c2cc(C(C)(C)C)cc(C(C)(C)C)c2O)n[nH]1.Cc1cc(-c2cc(C(C)(C)C)cc(C(C)(C)C)c2O)n[nH]1. The second-order valence-corrected chi connectivity index (χ2v) is 23.6. The average Bonchev–Trinajstić information content (AvgIpc) is 3.87. The minimum Gasteiger partial charge on any atom is -0.507 e. The van der Waals surface area contributed by atoms with Gasteiger partial charge < -0.3 is 15.3 Å². The number of aromatic nitrogens is 6. The average molecular weight is 859 g/mol. The van der Waals surface area contributed by atoms with Crippen LogP contribution in [0, 0.1) is 20.8 Å². The van der Waals surface area contributed by atoms with Gasteiger partial charge in [-0.2, -0.15) is 15.3 Å². The Bertz CT molecular complexity index is 2240. The number of H-pyrrole nitrogens is 3. The van der Waals surface area contributed by atoms with Crippen LogP contribution in [-0.2, 0) is 32.5 Å². The molecule has 0 radical (unpaired) electrons. The fourth-order valence-corrected chi connectivity index (χ4v) is 7.17. The molecule has 6 aromatic rings. The van der Waals surface area contributed by atoms with E-state index in [0.29, 0.717) is 17.2 Å². The van der Waals surface area contributed by atoms with Crippen molar-refractivity contribution < 1.29 is 15.3 Å². The van der Waals surface area contributed by atoms with Gasteiger partial charge in [0, 0.05) is 50.5 Å². The van der Waals surface area contributed by atoms with Gasteiger partial charge >= 0.3 is 0 Å². The molecule has 0 amide bonds. The van der Waals surface area contributed by atoms with Crippen LogP contribution in [0.4, 0.5) is 0 Å². The topological polar surface area (TPSA) is 147 Å². The summed E-state index contributed by atoms with van der Waals surface area (Å²) in [6.07, 6.45) is 0. The molecule has 0 unspecified atom stereocenters. The van der Waals surface area contributed by atoms with Crippen molar-refractivity contribution in [2.45, 2.75) is 178 Å². The standard InChI is InChI=1S/3C18H26N2O/c3*1-11-8-15(20-19-11)13-9-12(17(2,3)4)10-14(16(13)21)18(5,6)7/h3*8-10,21H,1-7H3,(H,19,20). The van der Waals surface area contributed by atoms with Crippen LogP contribution < -0.4 is 0 Å². The Kier molecular flexibility index (Phi) is 14.1. The van der Waals surface area contributed by atoms with Crippen molar-refractivity contribution in [1.82, 2.24) is 30.6 Å². The van der Waals surface area contributed by atoms with Gasteiger partial charge in [-0.15, -0.1) is 0 Å². The summed E-state index contributed by atoms with van der Waals surface area (Å²) >= 11 is 0. The molecule has 0 fully saturated rings. The van der Waals surface area contributed by atoms with Gasteiger partial charge in [-0.3, -0.25) is 15.3 Å². The number of hydrogen-bond acceptors (Lipinski definition) is 6. The maximum atomic E-state index is 10.7. The Balaban J connectivity index is 0.000000207. The Labute approximate surface area is 378 Å². The van der Waals surface area contributed by atoms with E-state index in [1.165, 1.54) is 16.7 Å². The first kappa shape index (κ1) is 50.3. The van der Waals surface area contributed by atoms with Crippen molar-refractivity contribution in [2.24, 2.45) is 0 Å². The van der Waals surface area contributed by atoms with E-state index in [-0.39, 0.29) is 32.5 Å². The highest BCUT2D eigenvalue weighted by molar-refractivity contribution is 5.73. The molecule has 9 nitrogen and oxygen atoms in total. The van der Waals surface area contributed by atoms with Gasteiger partial charge in [-0.05, 0) is 106 Å². The second-order valence-electron chi connectivity index (χ2n) is 23.6. The molecule has 6 rings (SSSR count). The molecule has 3 heterocycles. The monoisotopic (exact) mass is 859 g/mol. The molecule has 0 aliphatic heterocycles. The molecule has 9 heteroatoms. The Morgan fingerprint density at radius 3 is 0.667 bits per heavy atom. The van der Waals surface area contributed by atoms with Crippen LogP contribution in [0.5, 0.6) is 17.2 Å². The van der Waals surface area contributed by atoms with Crippen molar-refractivity contribution in [3.63, 3.8) is 0 Å². The zero-order valence-electron chi connectivity index (χ0n) is 42.4. The Morgan fingerprint density at radius 1 is 0.317 bits per heavy atom. The molecule has 0 atom stereocenters. The lowest BCUT2D eigenvalue weighted by Gasteiger charge is -2.27. The lowest BCUT2D eigenvalue weighted by atomic mass is 9.78. The van der Waals surface area contributed by atoms with Gasteiger partial charge in [0.15, 0.2) is 0 Å². The fraction of sp³-hybridized carbons (Fsp3) is 0.500. The molecular formula is C54H78N6O3. The van der Waals surface area contributed by atoms with Crippen molar-refractivity contribution in [2.75, 3.05) is 0 Å². The van der Waals surface area contributed by atoms with Crippen LogP contribution in [0.25, 0.3) is 33.8 Å². The molecule has 342 valence electrons. The van der Waals surface area contributed by atoms with Crippen LogP contribution in [0.3, 0.4) is 0 Å². The summed E-state index contributed by atoms with van der Waals surface area (Å²) in [6, 6.07) is 18.4. The third-order valence-corrected chi connectivity index (χ3v) is 11.3. The number of phenolic OH excluding ortho intramolecular Hbond substituents is 3. The van der Waals surface area contributed by atoms with E-state index >= 15 is 0 Å². The van der Waals surface area contributed by atoms with Crippen molar-refractivity contribution in [3.8, 4) is 51.0 Å². The van der Waals surface area contributed by atoms with E-state index in [1.54, 1.807) is 0 Å². The predicted molar refractivity (Wildman–Crippen MR) is 263 cm³/mol. The van der Waals surface area contributed by atoms with Crippen molar-refractivity contribution in [1.29, 1.82) is 0 Å². The highest BCUT2D eigenvalue weighted by atomic mass is 16.3. The lowest BCUT2D eigenvalue weighted by molar-refractivity contribution is 0.445. The summed E-state index contributed by atoms with van der Waals surface area (Å²) in [5.74, 6) is 1.01. The summed E-state index contributed by atoms with van der Waals surface area (Å²) in [5, 5.41) is 53.9. The van der Waals surface area contributed by atoms with Crippen LogP contribution in [0.2, 0.25) is 0 Å². The smallest absolute Gasteiger partial charge is 0.128 e. The first-order chi connectivity index (χ1) is 28.5. The van der Waals surface area contributed by atoms with E-state index in [2.05, 4.69) is 192 Å². The number of hydrogen-bond donors (Lipinski definition) is 6. The molecule has 0 aliphatic rings. The molecule has 0 spiro atoms. The fourth-order valence-electron chi connectivity index (χ4n) is 7.17. The van der Waals surface area contributed by atoms with Crippen LogP contribution in [-0.4, -0.2) is 45.9 Å². The zero-order chi connectivity index (χ0) is 48.0. The molecule has 0 saturated carbocycles. The lowest BCUT2D eigenvalue weighted by Crippen LogP contribution is -2.17. The molecule has 0 saturated heterocycles. The molecular weight excluding hydrogens is 781 g/mol. The number of nitrogens with one attached hydrogen (secondary N) is 3. The number of rotatable bonds is 3. The third-order valence-electron chi connectivity index (χ3n) is 11.3. The van der Waals surface area contributed by atoms with Crippen LogP contribution in [0.1, 0.15) is 175 Å². The summed E-state index contributed by atoms with van der Waals surface area (Å²) in [7, 11) is 0. The quantitative estimate of drug-likeness (QED) is 0.104. The summed E-state index contributed by atoms with van der Waals surface area (Å²) < 4.78 is 0. The summed E-state index contributed by atoms with van der Waals surface area (Å²) in [5.41, 5.74) is 14.0. The van der Waals surface area contributed by atoms with E-state index in [9.17, 15) is 15.3 Å². The molecule has 6 N–H and O–H groups in total. The first-order valence-electron chi connectivity index (χ1n) is 22.2. The molecule has 63 heavy (non-hydrogen) atoms. The zero-order valence-corrected chi connectivity index (χ0v) is 42.4. The first-order valence-corrected chi connectivity index (χ1v) is 22.2. The third kappa shape index (κ3) is 12.2. The highest BCUT2D eigenvalue weighted by Crippen LogP contribution is 2.44. The maximum absolute atomic E-state index is 10.7. The van der Waals surface area contributed by atoms with Crippen molar-refractivity contribution >= 4 is 0 Å². The number of aromatic hydroxyl groups is 3. The van der Waals surface area contributed by atoms with Crippen LogP contribution >= 0.6 is 0 Å². The van der Waals surface area contributed by atoms with E-state index in [0.717, 1.165) is 67.5 Å². The number of aromatic amines is 3. The number of phenols is 3. The Morgan fingerprint density at radius 2 is 0.524 bits per heavy atom. The van der Waals surface area contributed by atoms with Crippen LogP contribution in [0.15, 0.2) is 54.6 Å². The second kappa shape index (κ2) is 17.7. The van der Waals surface area contributed by atoms with Gasteiger partial charge in [-0.25, -0.2) is 0 Å². The molecule has 3 aromatic heterocycles. The molecule has 3 aromatic carbocycles. The predicted octanol–water partition coefficient (Wildman–Crippen LogP) is 14.1. The number of aryl methyl sites for hydroxylation is 3. The molecule has 0 bridgehead atoms. The van der Waals surface area contributed by atoms with Gasteiger partial charge in [0.25, 0.3) is 0 Å². The summed E-state index contributed by atoms with van der Waals surface area (Å²) in [6.45, 7) is 44.6. The highest BCUT2D eigenvalue weighted by Gasteiger charge is 2.29. The minimum absolute atomic E-state index is 0.0216. The van der Waals surface area contributed by atoms with Gasteiger partial charge in [0.2, 0.25) is 0 Å². The number of benzene rings is 3. The molecule has 0 aliphatic carbocycles. The largest absolute Gasteiger partial charge is 0.507 e. The van der Waals surface area contributed by atoms with Crippen molar-refractivity contribution in [3.05, 3.63) is 105 Å². The number of nitrogens with zero attached hydrogens (tertiary/aromatic N) is 3. The Hall–Kier alpha value is -5.31. The van der Waals surface area contributed by atoms with Gasteiger partial charge in [-0.1, -0.05) is 143 Å². The van der Waals surface area contributed by atoms with E-state index in [1.807, 2.05) is 39.0 Å². The minimum atomic E-state index is -0.120. The summed E-state index contributed by atoms with van der Waals surface area (Å²) in [4.78, 5) is 0. The van der Waals surface area contributed by atoms with Gasteiger partial charge in [0.1, 0.15) is 17.2 Å². The maximum Gasteiger partial charge on any atom is 0.128 e.